The first-order valence-corrected chi connectivity index (χ1v) is 9.65. The molecule has 2 aromatic rings. The molecule has 0 bridgehead atoms. The number of hydrogen-bond acceptors (Lipinski definition) is 4. The lowest BCUT2D eigenvalue weighted by Gasteiger charge is -2.27. The third-order valence-corrected chi connectivity index (χ3v) is 4.82. The van der Waals surface area contributed by atoms with Crippen LogP contribution in [-0.4, -0.2) is 30.4 Å². The molecule has 0 aromatic heterocycles. The van der Waals surface area contributed by atoms with Crippen LogP contribution in [0.5, 0.6) is 0 Å². The summed E-state index contributed by atoms with van der Waals surface area (Å²) >= 11 is 3.23. The average Bonchev–Trinajstić information content (AvgIpc) is 2.81. The Hall–Kier alpha value is -3.00. The van der Waals surface area contributed by atoms with Crippen molar-refractivity contribution in [2.45, 2.75) is 19.4 Å². The van der Waals surface area contributed by atoms with E-state index in [4.69, 9.17) is 4.74 Å². The lowest BCUT2D eigenvalue weighted by Crippen LogP contribution is -2.41. The van der Waals surface area contributed by atoms with Gasteiger partial charge in [-0.3, -0.25) is 9.59 Å². The van der Waals surface area contributed by atoms with Crippen molar-refractivity contribution in [3.63, 3.8) is 0 Å². The lowest BCUT2D eigenvalue weighted by molar-refractivity contribution is -0.143. The first-order chi connectivity index (χ1) is 13.8. The standard InChI is InChI=1S/C21H18BrFN2O4/c1-13-10-19(26)24-17-4-2-3-5-18(17)25(13)20(27)12-29-21(28)9-6-14-11-15(22)7-8-16(14)23/h2-9,11,13H,10,12H2,1H3,(H,24,26)/b9-6+. The van der Waals surface area contributed by atoms with E-state index in [2.05, 4.69) is 21.2 Å². The molecule has 3 rings (SSSR count). The van der Waals surface area contributed by atoms with Gasteiger partial charge >= 0.3 is 5.97 Å². The molecule has 0 fully saturated rings. The molecule has 0 saturated carbocycles. The smallest absolute Gasteiger partial charge is 0.331 e. The number of anilines is 2. The Balaban J connectivity index is 1.68. The fourth-order valence-corrected chi connectivity index (χ4v) is 3.40. The van der Waals surface area contributed by atoms with Crippen LogP contribution in [0.3, 0.4) is 0 Å². The van der Waals surface area contributed by atoms with Crippen LogP contribution in [0.15, 0.2) is 53.0 Å². The highest BCUT2D eigenvalue weighted by atomic mass is 79.9. The van der Waals surface area contributed by atoms with Gasteiger partial charge in [0.15, 0.2) is 6.61 Å². The number of nitrogens with zero attached hydrogens (tertiary/aromatic N) is 1. The Morgan fingerprint density at radius 3 is 2.86 bits per heavy atom. The monoisotopic (exact) mass is 460 g/mol. The van der Waals surface area contributed by atoms with Gasteiger partial charge in [-0.2, -0.15) is 0 Å². The van der Waals surface area contributed by atoms with Gasteiger partial charge in [-0.15, -0.1) is 0 Å². The molecule has 2 aromatic carbocycles. The Morgan fingerprint density at radius 1 is 1.31 bits per heavy atom. The second-order valence-electron chi connectivity index (χ2n) is 6.49. The van der Waals surface area contributed by atoms with Crippen molar-refractivity contribution in [3.8, 4) is 0 Å². The zero-order valence-electron chi connectivity index (χ0n) is 15.5. The van der Waals surface area contributed by atoms with Crippen molar-refractivity contribution in [1.82, 2.24) is 0 Å². The van der Waals surface area contributed by atoms with Crippen molar-refractivity contribution in [3.05, 3.63) is 64.4 Å². The minimum Gasteiger partial charge on any atom is -0.452 e. The van der Waals surface area contributed by atoms with Gasteiger partial charge in [-0.1, -0.05) is 28.1 Å². The van der Waals surface area contributed by atoms with E-state index >= 15 is 0 Å². The number of amides is 2. The predicted molar refractivity (Wildman–Crippen MR) is 111 cm³/mol. The van der Waals surface area contributed by atoms with E-state index in [1.807, 2.05) is 0 Å². The normalized spacial score (nSPS) is 16.2. The molecule has 29 heavy (non-hydrogen) atoms. The van der Waals surface area contributed by atoms with E-state index in [0.29, 0.717) is 15.8 Å². The molecular weight excluding hydrogens is 443 g/mol. The number of esters is 1. The highest BCUT2D eigenvalue weighted by Crippen LogP contribution is 2.31. The van der Waals surface area contributed by atoms with Crippen LogP contribution in [0.4, 0.5) is 15.8 Å². The van der Waals surface area contributed by atoms with Crippen LogP contribution >= 0.6 is 15.9 Å². The summed E-state index contributed by atoms with van der Waals surface area (Å²) in [6.45, 7) is 1.24. The van der Waals surface area contributed by atoms with Gasteiger partial charge in [0.2, 0.25) is 5.91 Å². The summed E-state index contributed by atoms with van der Waals surface area (Å²) in [5.74, 6) is -1.92. The van der Waals surface area contributed by atoms with Crippen molar-refractivity contribution >= 4 is 51.2 Å². The highest BCUT2D eigenvalue weighted by Gasteiger charge is 2.29. The second-order valence-corrected chi connectivity index (χ2v) is 7.40. The molecule has 1 aliphatic rings. The Morgan fingerprint density at radius 2 is 2.07 bits per heavy atom. The number of benzene rings is 2. The van der Waals surface area contributed by atoms with Gasteiger partial charge in [0, 0.05) is 28.6 Å². The minimum atomic E-state index is -0.775. The molecule has 1 N–H and O–H groups in total. The van der Waals surface area contributed by atoms with Gasteiger partial charge in [-0.05, 0) is 43.3 Å². The molecule has 1 atom stereocenters. The molecular formula is C21H18BrFN2O4. The molecule has 150 valence electrons. The highest BCUT2D eigenvalue weighted by molar-refractivity contribution is 9.10. The number of carbonyl (C=O) groups excluding carboxylic acids is 3. The first-order valence-electron chi connectivity index (χ1n) is 8.86. The zero-order chi connectivity index (χ0) is 21.0. The SMILES string of the molecule is CC1CC(=O)Nc2ccccc2N1C(=O)COC(=O)/C=C/c1cc(Br)ccc1F. The number of hydrogen-bond donors (Lipinski definition) is 1. The molecule has 6 nitrogen and oxygen atoms in total. The van der Waals surface area contributed by atoms with Crippen LogP contribution in [0.1, 0.15) is 18.9 Å². The Kier molecular flexibility index (Phi) is 6.43. The summed E-state index contributed by atoms with van der Waals surface area (Å²) < 4.78 is 19.4. The number of carbonyl (C=O) groups is 3. The summed E-state index contributed by atoms with van der Waals surface area (Å²) in [7, 11) is 0. The third-order valence-electron chi connectivity index (χ3n) is 4.32. The van der Waals surface area contributed by atoms with Crippen LogP contribution in [0.25, 0.3) is 6.08 Å². The Bertz CT molecular complexity index is 992. The fraction of sp³-hybridized carbons (Fsp3) is 0.190. The molecule has 1 heterocycles. The quantitative estimate of drug-likeness (QED) is 0.554. The number of nitrogens with one attached hydrogen (secondary N) is 1. The van der Waals surface area contributed by atoms with E-state index < -0.39 is 30.3 Å². The van der Waals surface area contributed by atoms with E-state index in [-0.39, 0.29) is 17.9 Å². The maximum absolute atomic E-state index is 13.7. The van der Waals surface area contributed by atoms with Crippen molar-refractivity contribution in [1.29, 1.82) is 0 Å². The molecule has 0 spiro atoms. The average molecular weight is 461 g/mol. The maximum Gasteiger partial charge on any atom is 0.331 e. The second kappa shape index (κ2) is 9.00. The van der Waals surface area contributed by atoms with Crippen molar-refractivity contribution in [2.24, 2.45) is 0 Å². The number of fused-ring (bicyclic) bond motifs is 1. The molecule has 0 radical (unpaired) electrons. The molecule has 0 aliphatic carbocycles. The van der Waals surface area contributed by atoms with Crippen LogP contribution in [0.2, 0.25) is 0 Å². The summed E-state index contributed by atoms with van der Waals surface area (Å²) in [6.07, 6.45) is 2.46. The lowest BCUT2D eigenvalue weighted by atomic mass is 10.1. The number of halogens is 2. The van der Waals surface area contributed by atoms with Crippen LogP contribution in [-0.2, 0) is 19.1 Å². The topological polar surface area (TPSA) is 75.7 Å². The fourth-order valence-electron chi connectivity index (χ4n) is 3.02. The Labute approximate surface area is 175 Å². The molecule has 1 unspecified atom stereocenters. The van der Waals surface area contributed by atoms with E-state index in [1.54, 1.807) is 37.3 Å². The van der Waals surface area contributed by atoms with Crippen LogP contribution in [0, 0.1) is 5.82 Å². The van der Waals surface area contributed by atoms with Gasteiger partial charge in [-0.25, -0.2) is 9.18 Å². The van der Waals surface area contributed by atoms with Crippen molar-refractivity contribution < 1.29 is 23.5 Å². The van der Waals surface area contributed by atoms with Gasteiger partial charge in [0.25, 0.3) is 5.91 Å². The first kappa shape index (κ1) is 20.7. The van der Waals surface area contributed by atoms with Gasteiger partial charge < -0.3 is 15.0 Å². The van der Waals surface area contributed by atoms with E-state index in [1.165, 1.54) is 23.1 Å². The van der Waals surface area contributed by atoms with Crippen LogP contribution < -0.4 is 10.2 Å². The third kappa shape index (κ3) is 5.08. The summed E-state index contributed by atoms with van der Waals surface area (Å²) in [5, 5.41) is 2.76. The number of rotatable bonds is 4. The predicted octanol–water partition coefficient (Wildman–Crippen LogP) is 3.91. The maximum atomic E-state index is 13.7. The van der Waals surface area contributed by atoms with Gasteiger partial charge in [0.05, 0.1) is 11.4 Å². The summed E-state index contributed by atoms with van der Waals surface area (Å²) in [6, 6.07) is 10.9. The minimum absolute atomic E-state index is 0.121. The molecule has 8 heteroatoms. The largest absolute Gasteiger partial charge is 0.452 e. The summed E-state index contributed by atoms with van der Waals surface area (Å²) in [5.41, 5.74) is 1.27. The summed E-state index contributed by atoms with van der Waals surface area (Å²) in [4.78, 5) is 38.1. The van der Waals surface area contributed by atoms with Gasteiger partial charge in [0.1, 0.15) is 5.82 Å². The number of para-hydroxylation sites is 2. The molecule has 1 aliphatic heterocycles. The van der Waals surface area contributed by atoms with E-state index in [9.17, 15) is 18.8 Å². The molecule has 2 amide bonds. The van der Waals surface area contributed by atoms with Crippen molar-refractivity contribution in [2.75, 3.05) is 16.8 Å². The van der Waals surface area contributed by atoms with E-state index in [0.717, 1.165) is 6.08 Å². The zero-order valence-corrected chi connectivity index (χ0v) is 17.1. The number of ether oxygens (including phenoxy) is 1. The molecule has 0 saturated heterocycles.